The van der Waals surface area contributed by atoms with Gasteiger partial charge in [-0.1, -0.05) is 35.5 Å². The molecule has 0 radical (unpaired) electrons. The second-order valence-corrected chi connectivity index (χ2v) is 7.04. The molecule has 2 aromatic carbocycles. The van der Waals surface area contributed by atoms with E-state index in [4.69, 9.17) is 0 Å². The zero-order valence-electron chi connectivity index (χ0n) is 15.2. The summed E-state index contributed by atoms with van der Waals surface area (Å²) < 4.78 is 16.9. The third-order valence-corrected chi connectivity index (χ3v) is 5.00. The zero-order valence-corrected chi connectivity index (χ0v) is 15.2. The first-order valence-electron chi connectivity index (χ1n) is 9.21. The highest BCUT2D eigenvalue weighted by molar-refractivity contribution is 5.30. The van der Waals surface area contributed by atoms with E-state index >= 15 is 0 Å². The number of rotatable bonds is 5. The van der Waals surface area contributed by atoms with Crippen molar-refractivity contribution < 1.29 is 4.39 Å². The largest absolute Gasteiger partial charge is 0.287 e. The van der Waals surface area contributed by atoms with Crippen molar-refractivity contribution in [1.29, 1.82) is 0 Å². The van der Waals surface area contributed by atoms with Crippen LogP contribution >= 0.6 is 0 Å². The molecular weight excluding hydrogens is 355 g/mol. The van der Waals surface area contributed by atoms with Crippen molar-refractivity contribution in [2.24, 2.45) is 0 Å². The molecule has 1 aliphatic heterocycles. The lowest BCUT2D eigenvalue weighted by atomic mass is 10.2. The molecule has 3 heterocycles. The third-order valence-electron chi connectivity index (χ3n) is 5.00. The van der Waals surface area contributed by atoms with Crippen molar-refractivity contribution in [3.05, 3.63) is 95.3 Å². The maximum Gasteiger partial charge on any atom is 0.123 e. The van der Waals surface area contributed by atoms with Gasteiger partial charge in [0.05, 0.1) is 36.0 Å². The number of benzene rings is 2. The summed E-state index contributed by atoms with van der Waals surface area (Å²) in [6.45, 7) is 3.04. The maximum absolute atomic E-state index is 13.1. The SMILES string of the molecule is Fc1ccc(Cn2ncc3c2CN(Cc2cn(-c4ccccc4)nn2)C3)cc1. The van der Waals surface area contributed by atoms with E-state index in [1.165, 1.54) is 23.4 Å². The third kappa shape index (κ3) is 3.32. The molecule has 0 aliphatic carbocycles. The minimum Gasteiger partial charge on any atom is -0.287 e. The molecule has 0 saturated carbocycles. The van der Waals surface area contributed by atoms with E-state index < -0.39 is 0 Å². The molecule has 140 valence electrons. The van der Waals surface area contributed by atoms with Crippen molar-refractivity contribution in [2.75, 3.05) is 0 Å². The Balaban J connectivity index is 1.27. The molecule has 0 bridgehead atoms. The van der Waals surface area contributed by atoms with E-state index in [2.05, 4.69) is 20.3 Å². The van der Waals surface area contributed by atoms with Gasteiger partial charge in [-0.3, -0.25) is 9.58 Å². The van der Waals surface area contributed by atoms with Crippen LogP contribution in [-0.2, 0) is 26.2 Å². The summed E-state index contributed by atoms with van der Waals surface area (Å²) in [5.41, 5.74) is 5.42. The number of para-hydroxylation sites is 1. The monoisotopic (exact) mass is 374 g/mol. The first-order chi connectivity index (χ1) is 13.7. The molecule has 0 fully saturated rings. The minimum atomic E-state index is -0.218. The fraction of sp³-hybridized carbons (Fsp3) is 0.190. The fourth-order valence-electron chi connectivity index (χ4n) is 3.59. The van der Waals surface area contributed by atoms with Gasteiger partial charge in [0, 0.05) is 25.2 Å². The number of nitrogens with zero attached hydrogens (tertiary/aromatic N) is 6. The van der Waals surface area contributed by atoms with E-state index in [1.54, 1.807) is 16.8 Å². The van der Waals surface area contributed by atoms with Gasteiger partial charge in [-0.2, -0.15) is 5.10 Å². The number of hydrogen-bond acceptors (Lipinski definition) is 4. The van der Waals surface area contributed by atoms with Crippen LogP contribution in [0.15, 0.2) is 67.0 Å². The lowest BCUT2D eigenvalue weighted by Gasteiger charge is -2.13. The Kier molecular flexibility index (Phi) is 4.21. The molecule has 7 heteroatoms. The first kappa shape index (κ1) is 16.8. The molecule has 2 aromatic heterocycles. The molecule has 4 aromatic rings. The van der Waals surface area contributed by atoms with Crippen LogP contribution in [-0.4, -0.2) is 29.7 Å². The van der Waals surface area contributed by atoms with Crippen LogP contribution in [0.2, 0.25) is 0 Å². The van der Waals surface area contributed by atoms with Gasteiger partial charge in [0.25, 0.3) is 0 Å². The molecule has 0 N–H and O–H groups in total. The quantitative estimate of drug-likeness (QED) is 0.538. The maximum atomic E-state index is 13.1. The molecule has 5 rings (SSSR count). The summed E-state index contributed by atoms with van der Waals surface area (Å²) in [4.78, 5) is 2.33. The predicted octanol–water partition coefficient (Wildman–Crippen LogP) is 3.17. The van der Waals surface area contributed by atoms with Gasteiger partial charge >= 0.3 is 0 Å². The van der Waals surface area contributed by atoms with Gasteiger partial charge in [-0.05, 0) is 29.8 Å². The van der Waals surface area contributed by atoms with Crippen LogP contribution in [0.5, 0.6) is 0 Å². The van der Waals surface area contributed by atoms with Crippen LogP contribution in [0, 0.1) is 5.82 Å². The molecule has 28 heavy (non-hydrogen) atoms. The molecule has 6 nitrogen and oxygen atoms in total. The lowest BCUT2D eigenvalue weighted by Crippen LogP contribution is -2.18. The Morgan fingerprint density at radius 1 is 0.929 bits per heavy atom. The molecule has 0 atom stereocenters. The van der Waals surface area contributed by atoms with Gasteiger partial charge in [0.1, 0.15) is 5.82 Å². The van der Waals surface area contributed by atoms with Crippen molar-refractivity contribution in [3.8, 4) is 5.69 Å². The van der Waals surface area contributed by atoms with E-state index in [0.717, 1.165) is 36.6 Å². The standard InChI is InChI=1S/C21H19FN6/c22-18-8-6-16(7-9-18)11-28-21-15-26(12-17(21)10-23-28)13-19-14-27(25-24-19)20-4-2-1-3-5-20/h1-10,14H,11-13,15H2. The highest BCUT2D eigenvalue weighted by Crippen LogP contribution is 2.24. The van der Waals surface area contributed by atoms with Gasteiger partial charge < -0.3 is 0 Å². The van der Waals surface area contributed by atoms with Crippen LogP contribution in [0.1, 0.15) is 22.5 Å². The minimum absolute atomic E-state index is 0.218. The molecule has 1 aliphatic rings. The van der Waals surface area contributed by atoms with Crippen LogP contribution in [0.4, 0.5) is 4.39 Å². The van der Waals surface area contributed by atoms with Crippen molar-refractivity contribution in [3.63, 3.8) is 0 Å². The fourth-order valence-corrected chi connectivity index (χ4v) is 3.59. The number of halogens is 1. The van der Waals surface area contributed by atoms with E-state index in [9.17, 15) is 4.39 Å². The summed E-state index contributed by atoms with van der Waals surface area (Å²) in [6, 6.07) is 16.6. The average molecular weight is 374 g/mol. The Hall–Kier alpha value is -3.32. The Labute approximate surface area is 161 Å². The van der Waals surface area contributed by atoms with Gasteiger partial charge in [0.15, 0.2) is 0 Å². The number of fused-ring (bicyclic) bond motifs is 1. The smallest absolute Gasteiger partial charge is 0.123 e. The summed E-state index contributed by atoms with van der Waals surface area (Å²) in [5, 5.41) is 13.1. The Bertz CT molecular complexity index is 1080. The van der Waals surface area contributed by atoms with Crippen LogP contribution in [0.25, 0.3) is 5.69 Å². The summed E-state index contributed by atoms with van der Waals surface area (Å²) in [6.07, 6.45) is 3.91. The normalized spacial score (nSPS) is 13.8. The summed E-state index contributed by atoms with van der Waals surface area (Å²) in [7, 11) is 0. The number of aromatic nitrogens is 5. The van der Waals surface area contributed by atoms with Crippen molar-refractivity contribution in [1.82, 2.24) is 29.7 Å². The van der Waals surface area contributed by atoms with E-state index in [-0.39, 0.29) is 5.82 Å². The molecule has 0 saturated heterocycles. The van der Waals surface area contributed by atoms with Crippen LogP contribution < -0.4 is 0 Å². The van der Waals surface area contributed by atoms with Gasteiger partial charge in [0.2, 0.25) is 0 Å². The second kappa shape index (κ2) is 7.01. The highest BCUT2D eigenvalue weighted by Gasteiger charge is 2.24. The average Bonchev–Trinajstić information content (AvgIpc) is 3.42. The lowest BCUT2D eigenvalue weighted by molar-refractivity contribution is 0.265. The molecule has 0 spiro atoms. The van der Waals surface area contributed by atoms with Gasteiger partial charge in [-0.25, -0.2) is 9.07 Å². The highest BCUT2D eigenvalue weighted by atomic mass is 19.1. The summed E-state index contributed by atoms with van der Waals surface area (Å²) >= 11 is 0. The van der Waals surface area contributed by atoms with E-state index in [1.807, 2.05) is 47.4 Å². The Morgan fingerprint density at radius 2 is 1.75 bits per heavy atom. The van der Waals surface area contributed by atoms with Gasteiger partial charge in [-0.15, -0.1) is 5.10 Å². The van der Waals surface area contributed by atoms with E-state index in [0.29, 0.717) is 6.54 Å². The molecule has 0 unspecified atom stereocenters. The van der Waals surface area contributed by atoms with Crippen LogP contribution in [0.3, 0.4) is 0 Å². The van der Waals surface area contributed by atoms with Crippen molar-refractivity contribution >= 4 is 0 Å². The second-order valence-electron chi connectivity index (χ2n) is 7.04. The zero-order chi connectivity index (χ0) is 18.9. The van der Waals surface area contributed by atoms with Crippen molar-refractivity contribution in [2.45, 2.75) is 26.2 Å². The number of hydrogen-bond donors (Lipinski definition) is 0. The first-order valence-corrected chi connectivity index (χ1v) is 9.21. The topological polar surface area (TPSA) is 51.8 Å². The predicted molar refractivity (Wildman–Crippen MR) is 102 cm³/mol. The summed E-state index contributed by atoms with van der Waals surface area (Å²) in [5.74, 6) is -0.218. The molecular formula is C21H19FN6. The Morgan fingerprint density at radius 3 is 2.57 bits per heavy atom. The molecule has 0 amide bonds.